The zero-order chi connectivity index (χ0) is 24.3. The summed E-state index contributed by atoms with van der Waals surface area (Å²) in [7, 11) is 0. The molecule has 176 valence electrons. The van der Waals surface area contributed by atoms with Gasteiger partial charge in [-0.25, -0.2) is 9.59 Å². The summed E-state index contributed by atoms with van der Waals surface area (Å²) in [4.78, 5) is 59.6. The molecule has 32 heavy (non-hydrogen) atoms. The van der Waals surface area contributed by atoms with Crippen LogP contribution in [0.2, 0.25) is 0 Å². The number of ether oxygens (including phenoxy) is 2. The summed E-state index contributed by atoms with van der Waals surface area (Å²) >= 11 is 0. The highest BCUT2D eigenvalue weighted by Crippen LogP contribution is 2.02. The van der Waals surface area contributed by atoms with Gasteiger partial charge in [0.25, 0.3) is 0 Å². The molecule has 0 aliphatic carbocycles. The molecule has 0 aromatic heterocycles. The first-order valence-corrected chi connectivity index (χ1v) is 9.99. The molecular formula is C21H29N3O8. The van der Waals surface area contributed by atoms with Gasteiger partial charge in [-0.1, -0.05) is 30.3 Å². The number of benzene rings is 1. The van der Waals surface area contributed by atoms with Crippen LogP contribution in [-0.4, -0.2) is 59.2 Å². The van der Waals surface area contributed by atoms with E-state index in [2.05, 4.69) is 16.0 Å². The Labute approximate surface area is 185 Å². The Balaban J connectivity index is 2.63. The summed E-state index contributed by atoms with van der Waals surface area (Å²) < 4.78 is 9.99. The fourth-order valence-electron chi connectivity index (χ4n) is 2.40. The number of hydrogen-bond acceptors (Lipinski definition) is 7. The Morgan fingerprint density at radius 3 is 2.06 bits per heavy atom. The molecule has 1 rings (SSSR count). The maximum atomic E-state index is 12.4. The molecule has 0 aliphatic heterocycles. The number of nitrogens with one attached hydrogen (secondary N) is 3. The van der Waals surface area contributed by atoms with Crippen LogP contribution in [0.4, 0.5) is 4.79 Å². The zero-order valence-electron chi connectivity index (χ0n) is 18.4. The number of hydrogen-bond donors (Lipinski definition) is 4. The molecule has 3 amide bonds. The molecule has 0 bridgehead atoms. The van der Waals surface area contributed by atoms with Gasteiger partial charge < -0.3 is 30.5 Å². The predicted octanol–water partition coefficient (Wildman–Crippen LogP) is 0.717. The van der Waals surface area contributed by atoms with Crippen molar-refractivity contribution in [3.8, 4) is 0 Å². The van der Waals surface area contributed by atoms with Crippen molar-refractivity contribution in [1.82, 2.24) is 16.0 Å². The van der Waals surface area contributed by atoms with Crippen molar-refractivity contribution in [1.29, 1.82) is 0 Å². The summed E-state index contributed by atoms with van der Waals surface area (Å²) in [6.45, 7) is 5.99. The standard InChI is InChI=1S/C21H29N3O8/c1-12(2)32-20(29)14(4)22-19(28)16(10-17(25)26)24-18(27)13(3)23-21(30)31-11-15-8-6-5-7-9-15/h5-9,12-14,16H,10-11H2,1-4H3,(H,22,28)(H,23,30)(H,24,27)(H,25,26)/t13-,14-,16+/m1/s1. The molecule has 0 heterocycles. The van der Waals surface area contributed by atoms with E-state index in [0.29, 0.717) is 0 Å². The van der Waals surface area contributed by atoms with E-state index in [4.69, 9.17) is 14.6 Å². The van der Waals surface area contributed by atoms with Crippen molar-refractivity contribution < 1.29 is 38.6 Å². The first kappa shape index (κ1) is 26.4. The fraction of sp³-hybridized carbons (Fsp3) is 0.476. The number of carbonyl (C=O) groups excluding carboxylic acids is 4. The molecule has 11 nitrogen and oxygen atoms in total. The van der Waals surface area contributed by atoms with Crippen LogP contribution >= 0.6 is 0 Å². The third-order valence-corrected chi connectivity index (χ3v) is 4.02. The van der Waals surface area contributed by atoms with Gasteiger partial charge in [0, 0.05) is 0 Å². The lowest BCUT2D eigenvalue weighted by atomic mass is 10.1. The number of carboxylic acid groups (broad SMARTS) is 1. The molecule has 0 aliphatic rings. The van der Waals surface area contributed by atoms with Crippen molar-refractivity contribution in [3.63, 3.8) is 0 Å². The summed E-state index contributed by atoms with van der Waals surface area (Å²) in [5.41, 5.74) is 0.753. The minimum Gasteiger partial charge on any atom is -0.481 e. The van der Waals surface area contributed by atoms with Crippen LogP contribution in [-0.2, 0) is 35.3 Å². The Bertz CT molecular complexity index is 813. The van der Waals surface area contributed by atoms with Gasteiger partial charge in [0.1, 0.15) is 24.7 Å². The lowest BCUT2D eigenvalue weighted by Crippen LogP contribution is -2.55. The van der Waals surface area contributed by atoms with Gasteiger partial charge in [0.15, 0.2) is 0 Å². The van der Waals surface area contributed by atoms with Crippen LogP contribution in [0.25, 0.3) is 0 Å². The van der Waals surface area contributed by atoms with E-state index in [1.54, 1.807) is 38.1 Å². The van der Waals surface area contributed by atoms with Gasteiger partial charge in [-0.2, -0.15) is 0 Å². The SMILES string of the molecule is CC(C)OC(=O)[C@@H](C)NC(=O)[C@H](CC(=O)O)NC(=O)[C@@H](C)NC(=O)OCc1ccccc1. The van der Waals surface area contributed by atoms with Crippen molar-refractivity contribution in [2.24, 2.45) is 0 Å². The lowest BCUT2D eigenvalue weighted by Gasteiger charge is -2.22. The number of carboxylic acids is 1. The number of carbonyl (C=O) groups is 5. The van der Waals surface area contributed by atoms with Crippen LogP contribution < -0.4 is 16.0 Å². The minimum absolute atomic E-state index is 0.00454. The molecule has 0 unspecified atom stereocenters. The Morgan fingerprint density at radius 1 is 0.875 bits per heavy atom. The highest BCUT2D eigenvalue weighted by Gasteiger charge is 2.29. The van der Waals surface area contributed by atoms with E-state index in [0.717, 1.165) is 5.56 Å². The molecule has 3 atom stereocenters. The van der Waals surface area contributed by atoms with Gasteiger partial charge in [-0.15, -0.1) is 0 Å². The highest BCUT2D eigenvalue weighted by molar-refractivity contribution is 5.94. The van der Waals surface area contributed by atoms with Crippen LogP contribution in [0.5, 0.6) is 0 Å². The molecule has 1 aromatic carbocycles. The third kappa shape index (κ3) is 9.92. The molecule has 4 N–H and O–H groups in total. The van der Waals surface area contributed by atoms with E-state index in [9.17, 15) is 24.0 Å². The monoisotopic (exact) mass is 451 g/mol. The number of alkyl carbamates (subject to hydrolysis) is 1. The predicted molar refractivity (Wildman–Crippen MR) is 112 cm³/mol. The number of amides is 3. The summed E-state index contributed by atoms with van der Waals surface area (Å²) in [5.74, 6) is -3.73. The second-order valence-electron chi connectivity index (χ2n) is 7.30. The molecule has 11 heteroatoms. The molecule has 0 saturated carbocycles. The zero-order valence-corrected chi connectivity index (χ0v) is 18.4. The molecule has 1 aromatic rings. The van der Waals surface area contributed by atoms with Crippen molar-refractivity contribution >= 4 is 29.8 Å². The number of rotatable bonds is 11. The van der Waals surface area contributed by atoms with E-state index < -0.39 is 60.5 Å². The number of aliphatic carboxylic acids is 1. The Morgan fingerprint density at radius 2 is 1.50 bits per heavy atom. The smallest absolute Gasteiger partial charge is 0.408 e. The summed E-state index contributed by atoms with van der Waals surface area (Å²) in [5, 5.41) is 15.9. The summed E-state index contributed by atoms with van der Waals surface area (Å²) in [6.07, 6.45) is -1.99. The average Bonchev–Trinajstić information content (AvgIpc) is 2.71. The number of esters is 1. The van der Waals surface area contributed by atoms with E-state index >= 15 is 0 Å². The van der Waals surface area contributed by atoms with Crippen LogP contribution in [0.15, 0.2) is 30.3 Å². The first-order chi connectivity index (χ1) is 15.0. The Kier molecular flexibility index (Phi) is 10.7. The minimum atomic E-state index is -1.47. The average molecular weight is 451 g/mol. The van der Waals surface area contributed by atoms with Crippen LogP contribution in [0, 0.1) is 0 Å². The second-order valence-corrected chi connectivity index (χ2v) is 7.30. The molecule has 0 saturated heterocycles. The molecular weight excluding hydrogens is 422 g/mol. The van der Waals surface area contributed by atoms with Gasteiger partial charge in [0.05, 0.1) is 12.5 Å². The first-order valence-electron chi connectivity index (χ1n) is 9.99. The van der Waals surface area contributed by atoms with Gasteiger partial charge in [-0.05, 0) is 33.3 Å². The maximum absolute atomic E-state index is 12.4. The second kappa shape index (κ2) is 12.9. The quantitative estimate of drug-likeness (QED) is 0.358. The summed E-state index contributed by atoms with van der Waals surface area (Å²) in [6, 6.07) is 5.25. The highest BCUT2D eigenvalue weighted by atomic mass is 16.5. The van der Waals surface area contributed by atoms with Crippen molar-refractivity contribution in [3.05, 3.63) is 35.9 Å². The lowest BCUT2D eigenvalue weighted by molar-refractivity contribution is -0.151. The van der Waals surface area contributed by atoms with Gasteiger partial charge in [-0.3, -0.25) is 14.4 Å². The van der Waals surface area contributed by atoms with Gasteiger partial charge >= 0.3 is 18.0 Å². The van der Waals surface area contributed by atoms with Crippen molar-refractivity contribution in [2.45, 2.75) is 65.0 Å². The maximum Gasteiger partial charge on any atom is 0.408 e. The third-order valence-electron chi connectivity index (χ3n) is 4.02. The van der Waals surface area contributed by atoms with Crippen LogP contribution in [0.1, 0.15) is 39.7 Å². The van der Waals surface area contributed by atoms with Crippen molar-refractivity contribution in [2.75, 3.05) is 0 Å². The largest absolute Gasteiger partial charge is 0.481 e. The Hall–Kier alpha value is -3.63. The molecule has 0 spiro atoms. The van der Waals surface area contributed by atoms with E-state index in [1.165, 1.54) is 13.8 Å². The normalized spacial score (nSPS) is 13.3. The fourth-order valence-corrected chi connectivity index (χ4v) is 2.40. The van der Waals surface area contributed by atoms with E-state index in [-0.39, 0.29) is 6.61 Å². The van der Waals surface area contributed by atoms with Crippen LogP contribution in [0.3, 0.4) is 0 Å². The topological polar surface area (TPSA) is 160 Å². The van der Waals surface area contributed by atoms with Gasteiger partial charge in [0.2, 0.25) is 11.8 Å². The molecule has 0 radical (unpaired) electrons. The molecule has 0 fully saturated rings. The van der Waals surface area contributed by atoms with E-state index in [1.807, 2.05) is 6.07 Å².